The van der Waals surface area contributed by atoms with Crippen LogP contribution in [0.15, 0.2) is 48.8 Å². The summed E-state index contributed by atoms with van der Waals surface area (Å²) in [7, 11) is 0. The van der Waals surface area contributed by atoms with Gasteiger partial charge in [-0.1, -0.05) is 29.8 Å². The number of nitrogens with zero attached hydrogens (tertiary/aromatic N) is 1. The Balaban J connectivity index is 1.80. The van der Waals surface area contributed by atoms with E-state index in [2.05, 4.69) is 15.6 Å². The molecule has 0 saturated carbocycles. The molecule has 0 radical (unpaired) electrons. The van der Waals surface area contributed by atoms with E-state index in [1.165, 1.54) is 12.4 Å². The normalized spacial score (nSPS) is 11.6. The van der Waals surface area contributed by atoms with Gasteiger partial charge in [-0.25, -0.2) is 0 Å². The van der Waals surface area contributed by atoms with Crippen molar-refractivity contribution in [2.45, 2.75) is 19.4 Å². The molecule has 0 aliphatic rings. The smallest absolute Gasteiger partial charge is 0.254 e. The van der Waals surface area contributed by atoms with Gasteiger partial charge in [-0.3, -0.25) is 14.6 Å². The maximum absolute atomic E-state index is 12.2. The van der Waals surface area contributed by atoms with E-state index in [0.717, 1.165) is 0 Å². The Morgan fingerprint density at radius 1 is 1.15 bits per heavy atom. The Morgan fingerprint density at radius 3 is 2.62 bits per heavy atom. The van der Waals surface area contributed by atoms with Gasteiger partial charge in [-0.15, -0.1) is 0 Å². The second-order valence-electron chi connectivity index (χ2n) is 5.55. The first kappa shape index (κ1) is 19.9. The average molecular weight is 376 g/mol. The standard InChI is InChI=1S/C19H22ClN3O3/c1-2-26-15(8-11-22-18(24)14-6-4-3-5-7-14)12-23-19(25)16-13-21-10-9-17(16)20/h3-7,9-10,13,15H,2,8,11-12H2,1H3,(H,22,24)(H,23,25). The van der Waals surface area contributed by atoms with Crippen LogP contribution in [-0.2, 0) is 4.74 Å². The fourth-order valence-electron chi connectivity index (χ4n) is 2.36. The van der Waals surface area contributed by atoms with E-state index >= 15 is 0 Å². The number of rotatable bonds is 9. The van der Waals surface area contributed by atoms with Crippen molar-refractivity contribution >= 4 is 23.4 Å². The zero-order chi connectivity index (χ0) is 18.8. The van der Waals surface area contributed by atoms with Crippen LogP contribution in [0.25, 0.3) is 0 Å². The van der Waals surface area contributed by atoms with Crippen LogP contribution in [0.2, 0.25) is 5.02 Å². The Hall–Kier alpha value is -2.44. The first-order valence-corrected chi connectivity index (χ1v) is 8.82. The molecule has 1 atom stereocenters. The summed E-state index contributed by atoms with van der Waals surface area (Å²) in [5.41, 5.74) is 0.932. The predicted octanol–water partition coefficient (Wildman–Crippen LogP) is 2.69. The highest BCUT2D eigenvalue weighted by atomic mass is 35.5. The van der Waals surface area contributed by atoms with Gasteiger partial charge in [-0.2, -0.15) is 0 Å². The van der Waals surface area contributed by atoms with Gasteiger partial charge < -0.3 is 15.4 Å². The number of carbonyl (C=O) groups is 2. The van der Waals surface area contributed by atoms with Crippen LogP contribution >= 0.6 is 11.6 Å². The van der Waals surface area contributed by atoms with Gasteiger partial charge in [0.2, 0.25) is 0 Å². The first-order chi connectivity index (χ1) is 12.6. The van der Waals surface area contributed by atoms with Crippen molar-refractivity contribution in [3.05, 3.63) is 64.9 Å². The Kier molecular flexibility index (Phi) is 8.05. The van der Waals surface area contributed by atoms with Gasteiger partial charge in [0.1, 0.15) is 0 Å². The van der Waals surface area contributed by atoms with Gasteiger partial charge in [0.25, 0.3) is 11.8 Å². The second-order valence-corrected chi connectivity index (χ2v) is 5.96. The van der Waals surface area contributed by atoms with E-state index in [1.54, 1.807) is 18.2 Å². The number of nitrogens with one attached hydrogen (secondary N) is 2. The minimum atomic E-state index is -0.305. The number of halogens is 1. The zero-order valence-electron chi connectivity index (χ0n) is 14.6. The number of benzene rings is 1. The number of pyridine rings is 1. The van der Waals surface area contributed by atoms with Crippen molar-refractivity contribution in [3.63, 3.8) is 0 Å². The van der Waals surface area contributed by atoms with E-state index in [0.29, 0.717) is 42.3 Å². The van der Waals surface area contributed by atoms with Crippen LogP contribution in [0.5, 0.6) is 0 Å². The molecular formula is C19H22ClN3O3. The molecule has 1 heterocycles. The third-order valence-electron chi connectivity index (χ3n) is 3.69. The van der Waals surface area contributed by atoms with Crippen molar-refractivity contribution < 1.29 is 14.3 Å². The van der Waals surface area contributed by atoms with E-state index in [-0.39, 0.29) is 17.9 Å². The summed E-state index contributed by atoms with van der Waals surface area (Å²) >= 11 is 5.99. The lowest BCUT2D eigenvalue weighted by molar-refractivity contribution is 0.0534. The molecule has 2 rings (SSSR count). The highest BCUT2D eigenvalue weighted by Gasteiger charge is 2.14. The van der Waals surface area contributed by atoms with Crippen molar-refractivity contribution in [2.24, 2.45) is 0 Å². The highest BCUT2D eigenvalue weighted by Crippen LogP contribution is 2.13. The van der Waals surface area contributed by atoms with E-state index in [4.69, 9.17) is 16.3 Å². The molecule has 6 nitrogen and oxygen atoms in total. The SMILES string of the molecule is CCOC(CCNC(=O)c1ccccc1)CNC(=O)c1cnccc1Cl. The largest absolute Gasteiger partial charge is 0.377 e. The van der Waals surface area contributed by atoms with Crippen LogP contribution in [-0.4, -0.2) is 42.6 Å². The molecule has 0 bridgehead atoms. The molecule has 0 spiro atoms. The quantitative estimate of drug-likeness (QED) is 0.706. The maximum atomic E-state index is 12.2. The molecule has 1 aromatic heterocycles. The highest BCUT2D eigenvalue weighted by molar-refractivity contribution is 6.33. The summed E-state index contributed by atoms with van der Waals surface area (Å²) in [5.74, 6) is -0.437. The molecule has 1 aromatic carbocycles. The molecule has 2 N–H and O–H groups in total. The maximum Gasteiger partial charge on any atom is 0.254 e. The Morgan fingerprint density at radius 2 is 1.92 bits per heavy atom. The molecular weight excluding hydrogens is 354 g/mol. The number of amides is 2. The summed E-state index contributed by atoms with van der Waals surface area (Å²) in [5, 5.41) is 5.99. The first-order valence-electron chi connectivity index (χ1n) is 8.44. The van der Waals surface area contributed by atoms with E-state index in [1.807, 2.05) is 25.1 Å². The van der Waals surface area contributed by atoms with E-state index < -0.39 is 0 Å². The predicted molar refractivity (Wildman–Crippen MR) is 100 cm³/mol. The van der Waals surface area contributed by atoms with Crippen molar-refractivity contribution in [1.29, 1.82) is 0 Å². The summed E-state index contributed by atoms with van der Waals surface area (Å²) in [4.78, 5) is 28.1. The number of ether oxygens (including phenoxy) is 1. The number of aromatic nitrogens is 1. The fourth-order valence-corrected chi connectivity index (χ4v) is 2.56. The minimum absolute atomic E-state index is 0.132. The zero-order valence-corrected chi connectivity index (χ0v) is 15.3. The van der Waals surface area contributed by atoms with Crippen LogP contribution < -0.4 is 10.6 Å². The molecule has 7 heteroatoms. The van der Waals surface area contributed by atoms with Gasteiger partial charge in [0, 0.05) is 37.7 Å². The van der Waals surface area contributed by atoms with Gasteiger partial charge in [0.05, 0.1) is 16.7 Å². The third kappa shape index (κ3) is 6.13. The molecule has 1 unspecified atom stereocenters. The molecule has 2 amide bonds. The summed E-state index contributed by atoms with van der Waals surface area (Å²) in [6.45, 7) is 3.16. The van der Waals surface area contributed by atoms with Crippen LogP contribution in [0.3, 0.4) is 0 Å². The fraction of sp³-hybridized carbons (Fsp3) is 0.316. The molecule has 26 heavy (non-hydrogen) atoms. The molecule has 0 aliphatic carbocycles. The molecule has 138 valence electrons. The lowest BCUT2D eigenvalue weighted by Gasteiger charge is -2.18. The topological polar surface area (TPSA) is 80.3 Å². The molecule has 0 saturated heterocycles. The monoisotopic (exact) mass is 375 g/mol. The van der Waals surface area contributed by atoms with Gasteiger partial charge >= 0.3 is 0 Å². The molecule has 0 fully saturated rings. The summed E-state index contributed by atoms with van der Waals surface area (Å²) in [6.07, 6.45) is 3.31. The lowest BCUT2D eigenvalue weighted by Crippen LogP contribution is -2.36. The lowest BCUT2D eigenvalue weighted by atomic mass is 10.2. The second kappa shape index (κ2) is 10.5. The average Bonchev–Trinajstić information content (AvgIpc) is 2.66. The molecule has 0 aliphatic heterocycles. The summed E-state index contributed by atoms with van der Waals surface area (Å²) in [6, 6.07) is 10.6. The Bertz CT molecular complexity index is 725. The minimum Gasteiger partial charge on any atom is -0.377 e. The van der Waals surface area contributed by atoms with Crippen molar-refractivity contribution in [3.8, 4) is 0 Å². The van der Waals surface area contributed by atoms with Crippen LogP contribution in [0.4, 0.5) is 0 Å². The third-order valence-corrected chi connectivity index (χ3v) is 4.02. The van der Waals surface area contributed by atoms with Gasteiger partial charge in [-0.05, 0) is 31.5 Å². The van der Waals surface area contributed by atoms with E-state index in [9.17, 15) is 9.59 Å². The van der Waals surface area contributed by atoms with Crippen LogP contribution in [0, 0.1) is 0 Å². The number of hydrogen-bond acceptors (Lipinski definition) is 4. The van der Waals surface area contributed by atoms with Crippen molar-refractivity contribution in [2.75, 3.05) is 19.7 Å². The number of hydrogen-bond donors (Lipinski definition) is 2. The summed E-state index contributed by atoms with van der Waals surface area (Å²) < 4.78 is 5.63. The van der Waals surface area contributed by atoms with Gasteiger partial charge in [0.15, 0.2) is 0 Å². The Labute approximate surface area is 157 Å². The van der Waals surface area contributed by atoms with Crippen molar-refractivity contribution in [1.82, 2.24) is 15.6 Å². The molecule has 2 aromatic rings. The van der Waals surface area contributed by atoms with Crippen LogP contribution in [0.1, 0.15) is 34.1 Å². The number of carbonyl (C=O) groups excluding carboxylic acids is 2.